The van der Waals surface area contributed by atoms with E-state index in [2.05, 4.69) is 31.1 Å². The molecule has 10 heteroatoms. The highest BCUT2D eigenvalue weighted by Crippen LogP contribution is 2.22. The monoisotopic (exact) mass is 635 g/mol. The fourth-order valence-electron chi connectivity index (χ4n) is 5.13. The molecule has 0 aliphatic carbocycles. The number of likely N-dealkylation sites (tertiary alicyclic amines) is 1. The third-order valence-corrected chi connectivity index (χ3v) is 8.55. The second-order valence-electron chi connectivity index (χ2n) is 11.7. The zero-order valence-corrected chi connectivity index (χ0v) is 26.8. The quantitative estimate of drug-likeness (QED) is 0.198. The predicted molar refractivity (Wildman–Crippen MR) is 175 cm³/mol. The van der Waals surface area contributed by atoms with Gasteiger partial charge in [-0.3, -0.25) is 4.55 Å². The summed E-state index contributed by atoms with van der Waals surface area (Å²) in [6.45, 7) is 7.78. The van der Waals surface area contributed by atoms with Gasteiger partial charge in [-0.15, -0.1) is 0 Å². The lowest BCUT2D eigenvalue weighted by molar-refractivity contribution is 0.127. The van der Waals surface area contributed by atoms with Crippen LogP contribution in [0.3, 0.4) is 0 Å². The molecule has 1 aliphatic rings. The number of carbonyl (C=O) groups excluding carboxylic acids is 1. The summed E-state index contributed by atoms with van der Waals surface area (Å²) in [4.78, 5) is 17.3. The normalized spacial score (nSPS) is 14.1. The summed E-state index contributed by atoms with van der Waals surface area (Å²) >= 11 is 0. The van der Waals surface area contributed by atoms with Gasteiger partial charge in [0.05, 0.1) is 6.61 Å². The van der Waals surface area contributed by atoms with E-state index in [9.17, 15) is 17.6 Å². The first kappa shape index (κ1) is 33.9. The van der Waals surface area contributed by atoms with Crippen LogP contribution < -0.4 is 10.1 Å². The van der Waals surface area contributed by atoms with E-state index in [1.165, 1.54) is 18.2 Å². The third kappa shape index (κ3) is 10.3. The molecule has 1 aliphatic heterocycles. The van der Waals surface area contributed by atoms with Crippen LogP contribution in [0.15, 0.2) is 95.9 Å². The van der Waals surface area contributed by atoms with Crippen molar-refractivity contribution in [2.45, 2.75) is 50.7 Å². The van der Waals surface area contributed by atoms with Gasteiger partial charge in [-0.25, -0.2) is 9.18 Å². The number of benzene rings is 4. The van der Waals surface area contributed by atoms with Gasteiger partial charge >= 0.3 is 6.03 Å². The van der Waals surface area contributed by atoms with Crippen molar-refractivity contribution in [2.24, 2.45) is 5.92 Å². The average Bonchev–Trinajstić information content (AvgIpc) is 3.03. The Balaban J connectivity index is 0.000000273. The summed E-state index contributed by atoms with van der Waals surface area (Å²) in [6.07, 6.45) is 1.88. The lowest BCUT2D eigenvalue weighted by Gasteiger charge is -2.37. The van der Waals surface area contributed by atoms with Crippen molar-refractivity contribution in [1.29, 1.82) is 0 Å². The largest absolute Gasteiger partial charge is 0.493 e. The maximum absolute atomic E-state index is 13.3. The van der Waals surface area contributed by atoms with Crippen molar-refractivity contribution in [3.63, 3.8) is 0 Å². The molecule has 0 spiro atoms. The molecule has 0 atom stereocenters. The number of carbonyl (C=O) groups is 1. The van der Waals surface area contributed by atoms with Crippen LogP contribution in [0, 0.1) is 11.7 Å². The van der Waals surface area contributed by atoms with Gasteiger partial charge < -0.3 is 19.9 Å². The van der Waals surface area contributed by atoms with Gasteiger partial charge in [-0.05, 0) is 85.7 Å². The van der Waals surface area contributed by atoms with E-state index in [4.69, 9.17) is 9.29 Å². The number of fused-ring (bicyclic) bond motifs is 1. The molecule has 4 aromatic carbocycles. The minimum Gasteiger partial charge on any atom is -0.493 e. The molecule has 0 aromatic heterocycles. The fourth-order valence-corrected chi connectivity index (χ4v) is 5.84. The third-order valence-electron chi connectivity index (χ3n) is 7.63. The molecule has 0 saturated carbocycles. The highest BCUT2D eigenvalue weighted by molar-refractivity contribution is 7.86. The van der Waals surface area contributed by atoms with E-state index in [0.29, 0.717) is 31.0 Å². The number of piperidine rings is 1. The Morgan fingerprint density at radius 3 is 2.22 bits per heavy atom. The number of halogens is 1. The lowest BCUT2D eigenvalue weighted by atomic mass is 10.0. The smallest absolute Gasteiger partial charge is 0.318 e. The minimum atomic E-state index is -4.13. The van der Waals surface area contributed by atoms with Crippen LogP contribution in [-0.2, 0) is 23.2 Å². The van der Waals surface area contributed by atoms with Gasteiger partial charge in [-0.1, -0.05) is 74.5 Å². The Bertz CT molecular complexity index is 1630. The molecule has 1 heterocycles. The van der Waals surface area contributed by atoms with E-state index in [1.807, 2.05) is 35.2 Å². The molecule has 5 rings (SSSR count). The number of amides is 2. The summed E-state index contributed by atoms with van der Waals surface area (Å²) in [5.74, 6) is 1.05. The molecule has 1 saturated heterocycles. The Hall–Kier alpha value is -3.99. The first-order valence-electron chi connectivity index (χ1n) is 15.1. The maximum atomic E-state index is 13.3. The summed E-state index contributed by atoms with van der Waals surface area (Å²) in [5, 5.41) is 4.40. The Labute approximate surface area is 265 Å². The van der Waals surface area contributed by atoms with Crippen molar-refractivity contribution in [2.75, 3.05) is 26.7 Å². The number of urea groups is 1. The summed E-state index contributed by atoms with van der Waals surface area (Å²) < 4.78 is 50.0. The van der Waals surface area contributed by atoms with Crippen LogP contribution >= 0.6 is 0 Å². The number of rotatable bonds is 9. The van der Waals surface area contributed by atoms with Crippen molar-refractivity contribution in [3.05, 3.63) is 108 Å². The number of hydrogen-bond donors (Lipinski definition) is 2. The van der Waals surface area contributed by atoms with Gasteiger partial charge in [0.2, 0.25) is 0 Å². The molecule has 1 fully saturated rings. The first-order valence-corrected chi connectivity index (χ1v) is 16.6. The number of ether oxygens (including phenoxy) is 1. The minimum absolute atomic E-state index is 0.0457. The molecule has 0 unspecified atom stereocenters. The zero-order valence-electron chi connectivity index (χ0n) is 26.0. The molecule has 240 valence electrons. The second kappa shape index (κ2) is 15.8. The number of hydrogen-bond acceptors (Lipinski definition) is 5. The molecule has 0 bridgehead atoms. The van der Waals surface area contributed by atoms with E-state index < -0.39 is 10.1 Å². The Kier molecular flexibility index (Phi) is 11.9. The van der Waals surface area contributed by atoms with E-state index in [0.717, 1.165) is 48.2 Å². The summed E-state index contributed by atoms with van der Waals surface area (Å²) in [6, 6.07) is 26.1. The molecular formula is C35H42FN3O5S. The highest BCUT2D eigenvalue weighted by atomic mass is 32.2. The van der Waals surface area contributed by atoms with Gasteiger partial charge in [0.25, 0.3) is 10.1 Å². The predicted octanol–water partition coefficient (Wildman–Crippen LogP) is 6.75. The van der Waals surface area contributed by atoms with Crippen molar-refractivity contribution < 1.29 is 26.9 Å². The topological polar surface area (TPSA) is 99.2 Å². The molecule has 0 radical (unpaired) electrons. The van der Waals surface area contributed by atoms with Gasteiger partial charge in [0.1, 0.15) is 16.5 Å². The molecular weight excluding hydrogens is 593 g/mol. The highest BCUT2D eigenvalue weighted by Gasteiger charge is 2.27. The Morgan fingerprint density at radius 1 is 0.956 bits per heavy atom. The molecule has 4 aromatic rings. The SMILES string of the molecule is CC(C)COc1ccc(CNC(=O)N(Cc2ccc(F)cc2)C2CCN(C)CC2)cc1.O=S(=O)(O)c1cccc2ccccc12. The van der Waals surface area contributed by atoms with Crippen LogP contribution in [0.4, 0.5) is 9.18 Å². The molecule has 8 nitrogen and oxygen atoms in total. The van der Waals surface area contributed by atoms with Gasteiger partial charge in [0, 0.05) is 24.5 Å². The Morgan fingerprint density at radius 2 is 1.58 bits per heavy atom. The molecule has 2 N–H and O–H groups in total. The van der Waals surface area contributed by atoms with E-state index in [1.54, 1.807) is 42.5 Å². The maximum Gasteiger partial charge on any atom is 0.318 e. The average molecular weight is 636 g/mol. The van der Waals surface area contributed by atoms with Crippen LogP contribution in [0.2, 0.25) is 0 Å². The van der Waals surface area contributed by atoms with Gasteiger partial charge in [0.15, 0.2) is 0 Å². The van der Waals surface area contributed by atoms with Crippen LogP contribution in [-0.4, -0.2) is 61.6 Å². The fraction of sp³-hybridized carbons (Fsp3) is 0.343. The van der Waals surface area contributed by atoms with Crippen LogP contribution in [0.5, 0.6) is 5.75 Å². The number of nitrogens with one attached hydrogen (secondary N) is 1. The van der Waals surface area contributed by atoms with Crippen molar-refractivity contribution in [3.8, 4) is 5.75 Å². The van der Waals surface area contributed by atoms with E-state index in [-0.39, 0.29) is 22.8 Å². The number of nitrogens with zero attached hydrogens (tertiary/aromatic N) is 2. The standard InChI is InChI=1S/C25H34FN3O2.C10H8O3S/c1-19(2)18-31-24-10-6-20(7-11-24)16-27-25(30)29(23-12-14-28(3)15-13-23)17-21-4-8-22(26)9-5-21;11-14(12,13)10-7-3-5-8-4-1-2-6-9(8)10/h4-11,19,23H,12-18H2,1-3H3,(H,27,30);1-7H,(H,11,12,13). The zero-order chi connectivity index (χ0) is 32.4. The molecule has 45 heavy (non-hydrogen) atoms. The lowest BCUT2D eigenvalue weighted by Crippen LogP contribution is -2.49. The summed E-state index contributed by atoms with van der Waals surface area (Å²) in [7, 11) is -2.02. The second-order valence-corrected chi connectivity index (χ2v) is 13.1. The summed E-state index contributed by atoms with van der Waals surface area (Å²) in [5.41, 5.74) is 1.96. The first-order chi connectivity index (χ1) is 21.5. The van der Waals surface area contributed by atoms with Crippen molar-refractivity contribution in [1.82, 2.24) is 15.1 Å². The van der Waals surface area contributed by atoms with Crippen LogP contribution in [0.1, 0.15) is 37.8 Å². The van der Waals surface area contributed by atoms with Gasteiger partial charge in [-0.2, -0.15) is 8.42 Å². The molecule has 2 amide bonds. The van der Waals surface area contributed by atoms with E-state index >= 15 is 0 Å². The van der Waals surface area contributed by atoms with Crippen LogP contribution in [0.25, 0.3) is 10.8 Å². The van der Waals surface area contributed by atoms with Crippen molar-refractivity contribution >= 4 is 26.9 Å².